The highest BCUT2D eigenvalue weighted by Crippen LogP contribution is 2.36. The van der Waals surface area contributed by atoms with Crippen molar-refractivity contribution in [3.05, 3.63) is 59.4 Å². The van der Waals surface area contributed by atoms with Gasteiger partial charge in [0.2, 0.25) is 6.79 Å². The van der Waals surface area contributed by atoms with E-state index in [1.54, 1.807) is 18.2 Å². The first kappa shape index (κ1) is 18.0. The maximum atomic E-state index is 13.6. The second kappa shape index (κ2) is 7.64. The molecule has 2 N–H and O–H groups in total. The molecule has 0 atom stereocenters. The highest BCUT2D eigenvalue weighted by Gasteiger charge is 2.24. The largest absolute Gasteiger partial charge is 0.454 e. The Kier molecular flexibility index (Phi) is 5.30. The van der Waals surface area contributed by atoms with Gasteiger partial charge in [0, 0.05) is 18.5 Å². The minimum absolute atomic E-state index is 0.238. The second-order valence-electron chi connectivity index (χ2n) is 6.90. The number of fused-ring (bicyclic) bond motifs is 1. The Bertz CT molecular complexity index is 792. The lowest BCUT2D eigenvalue weighted by atomic mass is 9.84. The molecule has 2 aromatic rings. The van der Waals surface area contributed by atoms with Gasteiger partial charge in [0.25, 0.3) is 0 Å². The number of carbonyl (C=O) groups is 1. The summed E-state index contributed by atoms with van der Waals surface area (Å²) in [5, 5.41) is 5.64. The van der Waals surface area contributed by atoms with Crippen molar-refractivity contribution in [2.24, 2.45) is 0 Å². The molecule has 26 heavy (non-hydrogen) atoms. The van der Waals surface area contributed by atoms with Crippen molar-refractivity contribution in [3.8, 4) is 11.5 Å². The van der Waals surface area contributed by atoms with E-state index >= 15 is 0 Å². The van der Waals surface area contributed by atoms with Crippen molar-refractivity contribution in [2.75, 3.05) is 19.9 Å². The molecule has 0 saturated heterocycles. The average molecular weight is 358 g/mol. The second-order valence-corrected chi connectivity index (χ2v) is 6.90. The maximum absolute atomic E-state index is 13.6. The van der Waals surface area contributed by atoms with Crippen LogP contribution in [0, 0.1) is 5.82 Å². The minimum Gasteiger partial charge on any atom is -0.454 e. The van der Waals surface area contributed by atoms with Gasteiger partial charge in [0.05, 0.1) is 0 Å². The lowest BCUT2D eigenvalue weighted by Gasteiger charge is -2.26. The summed E-state index contributed by atoms with van der Waals surface area (Å²) in [4.78, 5) is 12.0. The van der Waals surface area contributed by atoms with Gasteiger partial charge < -0.3 is 20.1 Å². The predicted molar refractivity (Wildman–Crippen MR) is 97.1 cm³/mol. The van der Waals surface area contributed by atoms with Gasteiger partial charge in [0.15, 0.2) is 11.5 Å². The summed E-state index contributed by atoms with van der Waals surface area (Å²) in [6, 6.07) is 12.1. The molecule has 0 spiro atoms. The van der Waals surface area contributed by atoms with Gasteiger partial charge in [-0.2, -0.15) is 0 Å². The highest BCUT2D eigenvalue weighted by atomic mass is 19.1. The zero-order valence-corrected chi connectivity index (χ0v) is 15.0. The summed E-state index contributed by atoms with van der Waals surface area (Å²) in [6.07, 6.45) is 0.450. The molecule has 2 amide bonds. The van der Waals surface area contributed by atoms with E-state index in [9.17, 15) is 9.18 Å². The number of amides is 2. The first-order valence-electron chi connectivity index (χ1n) is 8.61. The van der Waals surface area contributed by atoms with Gasteiger partial charge in [-0.05, 0) is 35.7 Å². The van der Waals surface area contributed by atoms with E-state index in [0.29, 0.717) is 25.1 Å². The number of hydrogen-bond donors (Lipinski definition) is 2. The normalized spacial score (nSPS) is 12.7. The van der Waals surface area contributed by atoms with Crippen LogP contribution in [0.3, 0.4) is 0 Å². The molecule has 6 heteroatoms. The molecular weight excluding hydrogens is 335 g/mol. The van der Waals surface area contributed by atoms with E-state index < -0.39 is 0 Å². The van der Waals surface area contributed by atoms with Crippen molar-refractivity contribution in [1.82, 2.24) is 10.6 Å². The summed E-state index contributed by atoms with van der Waals surface area (Å²) in [6.45, 7) is 5.16. The predicted octanol–water partition coefficient (Wildman–Crippen LogP) is 3.37. The van der Waals surface area contributed by atoms with Crippen LogP contribution in [0.4, 0.5) is 9.18 Å². The maximum Gasteiger partial charge on any atom is 0.314 e. The first-order chi connectivity index (χ1) is 12.5. The number of nitrogens with one attached hydrogen (secondary N) is 2. The third-order valence-corrected chi connectivity index (χ3v) is 4.48. The van der Waals surface area contributed by atoms with Crippen molar-refractivity contribution in [3.63, 3.8) is 0 Å². The van der Waals surface area contributed by atoms with Crippen LogP contribution < -0.4 is 20.1 Å². The number of halogens is 1. The van der Waals surface area contributed by atoms with Crippen LogP contribution in [0.1, 0.15) is 25.0 Å². The fourth-order valence-corrected chi connectivity index (χ4v) is 2.80. The quantitative estimate of drug-likeness (QED) is 0.832. The lowest BCUT2D eigenvalue weighted by Crippen LogP contribution is -2.42. The standard InChI is InChI=1S/C20H23FN2O3/c1-20(2,15-7-8-17-18(11-15)26-13-25-17)12-23-19(24)22-10-9-14-5-3-4-6-16(14)21/h3-8,11H,9-10,12-13H2,1-2H3,(H2,22,23,24). The summed E-state index contributed by atoms with van der Waals surface area (Å²) in [7, 11) is 0. The van der Waals surface area contributed by atoms with E-state index in [-0.39, 0.29) is 24.1 Å². The van der Waals surface area contributed by atoms with Crippen molar-refractivity contribution in [1.29, 1.82) is 0 Å². The average Bonchev–Trinajstić information content (AvgIpc) is 3.09. The molecular formula is C20H23FN2O3. The van der Waals surface area contributed by atoms with Crippen LogP contribution in [0.2, 0.25) is 0 Å². The SMILES string of the molecule is CC(C)(CNC(=O)NCCc1ccccc1F)c1ccc2c(c1)OCO2. The number of hydrogen-bond acceptors (Lipinski definition) is 3. The summed E-state index contributed by atoms with van der Waals surface area (Å²) < 4.78 is 24.3. The molecule has 0 aliphatic carbocycles. The molecule has 138 valence electrons. The lowest BCUT2D eigenvalue weighted by molar-refractivity contribution is 0.174. The minimum atomic E-state index is -0.274. The van der Waals surface area contributed by atoms with Gasteiger partial charge in [-0.25, -0.2) is 9.18 Å². The number of urea groups is 1. The molecule has 0 bridgehead atoms. The molecule has 0 fully saturated rings. The van der Waals surface area contributed by atoms with Gasteiger partial charge in [-0.3, -0.25) is 0 Å². The Balaban J connectivity index is 1.48. The van der Waals surface area contributed by atoms with Gasteiger partial charge >= 0.3 is 6.03 Å². The topological polar surface area (TPSA) is 59.6 Å². The molecule has 0 aromatic heterocycles. The van der Waals surface area contributed by atoms with E-state index in [1.807, 2.05) is 32.0 Å². The van der Waals surface area contributed by atoms with Crippen LogP contribution in [-0.4, -0.2) is 25.9 Å². The fourth-order valence-electron chi connectivity index (χ4n) is 2.80. The molecule has 5 nitrogen and oxygen atoms in total. The summed E-state index contributed by atoms with van der Waals surface area (Å²) in [5.41, 5.74) is 1.37. The zero-order valence-electron chi connectivity index (χ0n) is 15.0. The highest BCUT2D eigenvalue weighted by molar-refractivity contribution is 5.74. The molecule has 2 aromatic carbocycles. The monoisotopic (exact) mass is 358 g/mol. The molecule has 1 aliphatic heterocycles. The molecule has 1 heterocycles. The zero-order chi connectivity index (χ0) is 18.6. The van der Waals surface area contributed by atoms with Gasteiger partial charge in [-0.1, -0.05) is 38.1 Å². The van der Waals surface area contributed by atoms with Crippen LogP contribution >= 0.6 is 0 Å². The first-order valence-corrected chi connectivity index (χ1v) is 8.61. The van der Waals surface area contributed by atoms with E-state index in [4.69, 9.17) is 9.47 Å². The molecule has 0 saturated carbocycles. The van der Waals surface area contributed by atoms with Crippen LogP contribution in [0.5, 0.6) is 11.5 Å². The van der Waals surface area contributed by atoms with E-state index in [1.165, 1.54) is 6.07 Å². The van der Waals surface area contributed by atoms with E-state index in [0.717, 1.165) is 17.1 Å². The molecule has 0 unspecified atom stereocenters. The Hall–Kier alpha value is -2.76. The number of benzene rings is 2. The summed E-state index contributed by atoms with van der Waals surface area (Å²) >= 11 is 0. The third kappa shape index (κ3) is 4.25. The number of rotatable bonds is 6. The van der Waals surface area contributed by atoms with Crippen LogP contribution in [-0.2, 0) is 11.8 Å². The Labute approximate surface area is 152 Å². The molecule has 0 radical (unpaired) electrons. The van der Waals surface area contributed by atoms with E-state index in [2.05, 4.69) is 10.6 Å². The third-order valence-electron chi connectivity index (χ3n) is 4.48. The van der Waals surface area contributed by atoms with Gasteiger partial charge in [0.1, 0.15) is 5.82 Å². The smallest absolute Gasteiger partial charge is 0.314 e. The van der Waals surface area contributed by atoms with Gasteiger partial charge in [-0.15, -0.1) is 0 Å². The van der Waals surface area contributed by atoms with Crippen molar-refractivity contribution in [2.45, 2.75) is 25.7 Å². The summed E-state index contributed by atoms with van der Waals surface area (Å²) in [5.74, 6) is 1.21. The molecule has 1 aliphatic rings. The number of carbonyl (C=O) groups excluding carboxylic acids is 1. The van der Waals surface area contributed by atoms with Crippen LogP contribution in [0.15, 0.2) is 42.5 Å². The van der Waals surface area contributed by atoms with Crippen molar-refractivity contribution < 1.29 is 18.7 Å². The fraction of sp³-hybridized carbons (Fsp3) is 0.350. The number of ether oxygens (including phenoxy) is 2. The molecule has 3 rings (SSSR count). The van der Waals surface area contributed by atoms with Crippen LogP contribution in [0.25, 0.3) is 0 Å². The Morgan fingerprint density at radius 3 is 2.69 bits per heavy atom. The Morgan fingerprint density at radius 2 is 1.88 bits per heavy atom. The van der Waals surface area contributed by atoms with Crippen molar-refractivity contribution >= 4 is 6.03 Å². The Morgan fingerprint density at radius 1 is 1.12 bits per heavy atom.